The highest BCUT2D eigenvalue weighted by atomic mass is 19.4. The van der Waals surface area contributed by atoms with Gasteiger partial charge in [-0.1, -0.05) is 30.6 Å². The van der Waals surface area contributed by atoms with Gasteiger partial charge in [0.1, 0.15) is 40.4 Å². The zero-order valence-corrected chi connectivity index (χ0v) is 17.9. The van der Waals surface area contributed by atoms with E-state index in [4.69, 9.17) is 4.74 Å². The highest BCUT2D eigenvalue weighted by molar-refractivity contribution is 5.50. The van der Waals surface area contributed by atoms with Gasteiger partial charge in [0.05, 0.1) is 17.7 Å². The lowest BCUT2D eigenvalue weighted by molar-refractivity contribution is -0.142. The lowest BCUT2D eigenvalue weighted by atomic mass is 10.1. The van der Waals surface area contributed by atoms with Crippen LogP contribution in [0, 0.1) is 52.8 Å². The molecule has 9 heteroatoms. The molecule has 0 amide bonds. The maximum Gasteiger partial charge on any atom is 0.422 e. The maximum absolute atomic E-state index is 14.4. The summed E-state index contributed by atoms with van der Waals surface area (Å²) in [7, 11) is 0. The van der Waals surface area contributed by atoms with Crippen LogP contribution in [0.25, 0.3) is 0 Å². The fraction of sp³-hybridized carbons (Fsp3) is 0.154. The molecular weight excluding hydrogens is 480 g/mol. The molecule has 0 aliphatic rings. The van der Waals surface area contributed by atoms with Crippen LogP contribution in [0.5, 0.6) is 5.75 Å². The van der Waals surface area contributed by atoms with E-state index >= 15 is 0 Å². The first-order valence-electron chi connectivity index (χ1n) is 10.0. The summed E-state index contributed by atoms with van der Waals surface area (Å²) in [4.78, 5) is 0. The lowest BCUT2D eigenvalue weighted by Crippen LogP contribution is -2.11. The maximum atomic E-state index is 14.4. The van der Waals surface area contributed by atoms with Crippen molar-refractivity contribution in [1.82, 2.24) is 0 Å². The molecule has 0 saturated heterocycles. The molecule has 0 saturated carbocycles. The highest BCUT2D eigenvalue weighted by Crippen LogP contribution is 2.33. The summed E-state index contributed by atoms with van der Waals surface area (Å²) in [6, 6.07) is 6.21. The van der Waals surface area contributed by atoms with E-state index in [2.05, 4.69) is 11.8 Å². The van der Waals surface area contributed by atoms with Crippen molar-refractivity contribution in [3.8, 4) is 29.4 Å². The summed E-state index contributed by atoms with van der Waals surface area (Å²) in [6.45, 7) is 2.29. The number of halogens is 8. The van der Waals surface area contributed by atoms with Crippen LogP contribution in [0.3, 0.4) is 0 Å². The standard InChI is InChI=1S/C26H14F8O/c1-2-9-35-18-7-6-17(20(27)14-18)5-3-15-10-21(28)19(22(29)11-15)8-4-16-12-23(30)25(24(31)13-16)26(32,33)34/h6-7,10-14H,2,9H2,1H3. The van der Waals surface area contributed by atoms with Gasteiger partial charge in [-0.15, -0.1) is 0 Å². The van der Waals surface area contributed by atoms with Crippen LogP contribution in [0.1, 0.15) is 41.2 Å². The third-order valence-corrected chi connectivity index (χ3v) is 4.45. The minimum atomic E-state index is -5.26. The first kappa shape index (κ1) is 25.6. The molecule has 0 aliphatic heterocycles. The molecule has 0 radical (unpaired) electrons. The molecule has 180 valence electrons. The molecule has 3 rings (SSSR count). The van der Waals surface area contributed by atoms with Gasteiger partial charge in [-0.25, -0.2) is 22.0 Å². The minimum Gasteiger partial charge on any atom is -0.494 e. The number of alkyl halides is 3. The topological polar surface area (TPSA) is 9.23 Å². The zero-order valence-electron chi connectivity index (χ0n) is 17.9. The van der Waals surface area contributed by atoms with Crippen molar-refractivity contribution >= 4 is 0 Å². The Kier molecular flexibility index (Phi) is 7.71. The number of hydrogen-bond acceptors (Lipinski definition) is 1. The van der Waals surface area contributed by atoms with E-state index in [9.17, 15) is 35.1 Å². The van der Waals surface area contributed by atoms with E-state index in [1.54, 1.807) is 0 Å². The van der Waals surface area contributed by atoms with Gasteiger partial charge in [0, 0.05) is 17.2 Å². The smallest absolute Gasteiger partial charge is 0.422 e. The normalized spacial score (nSPS) is 10.8. The van der Waals surface area contributed by atoms with E-state index in [-0.39, 0.29) is 11.1 Å². The van der Waals surface area contributed by atoms with E-state index in [1.807, 2.05) is 18.8 Å². The van der Waals surface area contributed by atoms with Crippen LogP contribution < -0.4 is 4.74 Å². The summed E-state index contributed by atoms with van der Waals surface area (Å²) in [5.74, 6) is 2.34. The molecule has 0 spiro atoms. The van der Waals surface area contributed by atoms with Gasteiger partial charge in [-0.2, -0.15) is 13.2 Å². The van der Waals surface area contributed by atoms with Crippen molar-refractivity contribution in [3.63, 3.8) is 0 Å². The molecule has 0 atom stereocenters. The summed E-state index contributed by atoms with van der Waals surface area (Å²) in [5.41, 5.74) is -3.63. The summed E-state index contributed by atoms with van der Waals surface area (Å²) in [5, 5.41) is 0. The molecule has 3 aromatic rings. The largest absolute Gasteiger partial charge is 0.494 e. The Morgan fingerprint density at radius 3 is 1.74 bits per heavy atom. The Hall–Kier alpha value is -3.98. The quantitative estimate of drug-likeness (QED) is 0.282. The fourth-order valence-corrected chi connectivity index (χ4v) is 2.86. The van der Waals surface area contributed by atoms with Gasteiger partial charge in [-0.05, 0) is 42.8 Å². The van der Waals surface area contributed by atoms with Crippen molar-refractivity contribution in [1.29, 1.82) is 0 Å². The molecule has 0 unspecified atom stereocenters. The molecule has 0 N–H and O–H groups in total. The molecular formula is C26H14F8O. The van der Waals surface area contributed by atoms with Crippen molar-refractivity contribution in [2.45, 2.75) is 19.5 Å². The Morgan fingerprint density at radius 2 is 1.23 bits per heavy atom. The third kappa shape index (κ3) is 6.33. The number of rotatable bonds is 3. The average Bonchev–Trinajstić information content (AvgIpc) is 2.75. The van der Waals surface area contributed by atoms with Crippen molar-refractivity contribution in [2.75, 3.05) is 6.61 Å². The first-order valence-corrected chi connectivity index (χ1v) is 10.0. The van der Waals surface area contributed by atoms with E-state index in [0.717, 1.165) is 24.6 Å². The fourth-order valence-electron chi connectivity index (χ4n) is 2.86. The second-order valence-corrected chi connectivity index (χ2v) is 7.12. The summed E-state index contributed by atoms with van der Waals surface area (Å²) in [6.07, 6.45) is -4.53. The van der Waals surface area contributed by atoms with Crippen molar-refractivity contribution in [2.24, 2.45) is 0 Å². The molecule has 35 heavy (non-hydrogen) atoms. The van der Waals surface area contributed by atoms with Crippen LogP contribution in [-0.2, 0) is 6.18 Å². The van der Waals surface area contributed by atoms with E-state index in [0.29, 0.717) is 24.5 Å². The Labute approximate surface area is 195 Å². The predicted octanol–water partition coefficient (Wildman–Crippen LogP) is 6.99. The lowest BCUT2D eigenvalue weighted by Gasteiger charge is -2.09. The predicted molar refractivity (Wildman–Crippen MR) is 112 cm³/mol. The Bertz CT molecular complexity index is 1340. The number of hydrogen-bond donors (Lipinski definition) is 0. The van der Waals surface area contributed by atoms with Crippen molar-refractivity contribution < 1.29 is 39.9 Å². The second kappa shape index (κ2) is 10.5. The van der Waals surface area contributed by atoms with Crippen LogP contribution in [0.2, 0.25) is 0 Å². The molecule has 1 nitrogen and oxygen atoms in total. The van der Waals surface area contributed by atoms with Gasteiger partial charge in [-0.3, -0.25) is 0 Å². The number of ether oxygens (including phenoxy) is 1. The van der Waals surface area contributed by atoms with Crippen molar-refractivity contribution in [3.05, 3.63) is 99.4 Å². The van der Waals surface area contributed by atoms with Crippen LogP contribution in [0.4, 0.5) is 35.1 Å². The molecule has 0 aromatic heterocycles. The summed E-state index contributed by atoms with van der Waals surface area (Å²) >= 11 is 0. The van der Waals surface area contributed by atoms with Gasteiger partial charge in [0.25, 0.3) is 0 Å². The monoisotopic (exact) mass is 494 g/mol. The molecule has 3 aromatic carbocycles. The Balaban J connectivity index is 1.87. The van der Waals surface area contributed by atoms with Gasteiger partial charge < -0.3 is 4.74 Å². The summed E-state index contributed by atoms with van der Waals surface area (Å²) < 4.78 is 113. The number of benzene rings is 3. The molecule has 0 bridgehead atoms. The van der Waals surface area contributed by atoms with Gasteiger partial charge in [0.15, 0.2) is 0 Å². The SMILES string of the molecule is CCCOc1ccc(C#Cc2cc(F)c(C#Cc3cc(F)c(C(F)(F)F)c(F)c3)c(F)c2)c(F)c1. The third-order valence-electron chi connectivity index (χ3n) is 4.45. The highest BCUT2D eigenvalue weighted by Gasteiger charge is 2.37. The van der Waals surface area contributed by atoms with Gasteiger partial charge >= 0.3 is 6.18 Å². The van der Waals surface area contributed by atoms with E-state index in [1.165, 1.54) is 12.1 Å². The first-order chi connectivity index (χ1) is 16.5. The molecule has 0 heterocycles. The second-order valence-electron chi connectivity index (χ2n) is 7.12. The molecule has 0 aliphatic carbocycles. The minimum absolute atomic E-state index is 0.0371. The van der Waals surface area contributed by atoms with Crippen LogP contribution >= 0.6 is 0 Å². The Morgan fingerprint density at radius 1 is 0.686 bits per heavy atom. The van der Waals surface area contributed by atoms with Crippen LogP contribution in [0.15, 0.2) is 42.5 Å². The van der Waals surface area contributed by atoms with Gasteiger partial charge in [0.2, 0.25) is 0 Å². The zero-order chi connectivity index (χ0) is 25.8. The van der Waals surface area contributed by atoms with Crippen LogP contribution in [-0.4, -0.2) is 6.61 Å². The van der Waals surface area contributed by atoms with E-state index < -0.39 is 52.0 Å². The molecule has 0 fully saturated rings. The average molecular weight is 494 g/mol.